The van der Waals surface area contributed by atoms with Gasteiger partial charge in [0.15, 0.2) is 10.9 Å². The molecule has 2 aliphatic heterocycles. The lowest BCUT2D eigenvalue weighted by atomic mass is 9.83. The van der Waals surface area contributed by atoms with Crippen LogP contribution in [0.25, 0.3) is 0 Å². The molecule has 1 saturated heterocycles. The lowest BCUT2D eigenvalue weighted by molar-refractivity contribution is -0.0859. The summed E-state index contributed by atoms with van der Waals surface area (Å²) in [5.41, 5.74) is 2.73. The summed E-state index contributed by atoms with van der Waals surface area (Å²) in [5.74, 6) is 0. The van der Waals surface area contributed by atoms with Crippen molar-refractivity contribution in [1.82, 2.24) is 4.90 Å². The van der Waals surface area contributed by atoms with Crippen LogP contribution < -0.4 is 0 Å². The molecule has 0 spiro atoms. The van der Waals surface area contributed by atoms with Crippen LogP contribution in [0.2, 0.25) is 0 Å². The Bertz CT molecular complexity index is 821. The number of hydrogen-bond acceptors (Lipinski definition) is 4. The number of aliphatic imine (C=N–C) groups is 1. The normalized spacial score (nSPS) is 33.7. The van der Waals surface area contributed by atoms with Crippen LogP contribution in [0, 0.1) is 0 Å². The molecule has 2 aromatic carbocycles. The van der Waals surface area contributed by atoms with Gasteiger partial charge in [-0.25, -0.2) is 0 Å². The maximum atomic E-state index is 11.7. The highest BCUT2D eigenvalue weighted by Crippen LogP contribution is 2.54. The number of thioether (sulfide) groups is 1. The van der Waals surface area contributed by atoms with Crippen molar-refractivity contribution in [3.05, 3.63) is 71.3 Å². The molecule has 3 nitrogen and oxygen atoms in total. The summed E-state index contributed by atoms with van der Waals surface area (Å²) < 4.78 is 0. The Morgan fingerprint density at radius 3 is 2.71 bits per heavy atom. The Hall–Kier alpha value is -1.78. The van der Waals surface area contributed by atoms with Crippen molar-refractivity contribution in [3.8, 4) is 0 Å². The van der Waals surface area contributed by atoms with Gasteiger partial charge in [-0.05, 0) is 30.9 Å². The fourth-order valence-electron chi connectivity index (χ4n) is 4.45. The quantitative estimate of drug-likeness (QED) is 0.863. The zero-order valence-corrected chi connectivity index (χ0v) is 14.4. The topological polar surface area (TPSA) is 35.8 Å². The smallest absolute Gasteiger partial charge is 0.178 e. The Morgan fingerprint density at radius 1 is 1.12 bits per heavy atom. The predicted molar refractivity (Wildman–Crippen MR) is 98.0 cm³/mol. The zero-order chi connectivity index (χ0) is 16.3. The van der Waals surface area contributed by atoms with Crippen LogP contribution in [-0.2, 0) is 12.1 Å². The summed E-state index contributed by atoms with van der Waals surface area (Å²) in [6, 6.07) is 19.1. The van der Waals surface area contributed by atoms with Crippen LogP contribution >= 0.6 is 11.8 Å². The first-order chi connectivity index (χ1) is 11.7. The molecule has 1 N–H and O–H groups in total. The molecule has 1 fully saturated rings. The predicted octanol–water partition coefficient (Wildman–Crippen LogP) is 3.69. The van der Waals surface area contributed by atoms with E-state index in [4.69, 9.17) is 4.99 Å². The number of nitrogens with zero attached hydrogens (tertiary/aromatic N) is 2. The van der Waals surface area contributed by atoms with Crippen molar-refractivity contribution in [2.75, 3.05) is 0 Å². The molecule has 3 aliphatic rings. The number of amidine groups is 1. The molecule has 0 aromatic heterocycles. The monoisotopic (exact) mass is 336 g/mol. The molecular weight excluding hydrogens is 316 g/mol. The number of rotatable bonds is 1. The van der Waals surface area contributed by atoms with Crippen LogP contribution in [0.5, 0.6) is 0 Å². The second-order valence-corrected chi connectivity index (χ2v) is 8.19. The van der Waals surface area contributed by atoms with E-state index in [0.717, 1.165) is 23.6 Å². The Kier molecular flexibility index (Phi) is 3.10. The third-order valence-corrected chi connectivity index (χ3v) is 6.85. The first-order valence-electron chi connectivity index (χ1n) is 8.59. The average Bonchev–Trinajstić information content (AvgIpc) is 3.11. The molecule has 1 aliphatic carbocycles. The molecule has 4 heteroatoms. The molecule has 4 atom stereocenters. The van der Waals surface area contributed by atoms with Crippen molar-refractivity contribution in [2.24, 2.45) is 4.99 Å². The summed E-state index contributed by atoms with van der Waals surface area (Å²) in [4.78, 5) is 7.24. The first kappa shape index (κ1) is 14.6. The summed E-state index contributed by atoms with van der Waals surface area (Å²) in [6.45, 7) is 2.10. The van der Waals surface area contributed by atoms with Gasteiger partial charge in [-0.2, -0.15) is 0 Å². The van der Waals surface area contributed by atoms with Gasteiger partial charge in [-0.3, -0.25) is 4.99 Å². The van der Waals surface area contributed by atoms with Crippen molar-refractivity contribution >= 4 is 16.9 Å². The van der Waals surface area contributed by atoms with Crippen LogP contribution in [0.15, 0.2) is 59.6 Å². The highest BCUT2D eigenvalue weighted by atomic mass is 32.2. The fourth-order valence-corrected chi connectivity index (χ4v) is 5.74. The number of aliphatic hydroxyl groups is 1. The minimum Gasteiger partial charge on any atom is -0.366 e. The highest BCUT2D eigenvalue weighted by Gasteiger charge is 2.57. The first-order valence-corrected chi connectivity index (χ1v) is 9.47. The van der Waals surface area contributed by atoms with Gasteiger partial charge in [-0.15, -0.1) is 0 Å². The molecule has 2 unspecified atom stereocenters. The number of benzene rings is 2. The molecule has 0 radical (unpaired) electrons. The van der Waals surface area contributed by atoms with Gasteiger partial charge in [-0.1, -0.05) is 66.4 Å². The second kappa shape index (κ2) is 5.11. The zero-order valence-electron chi connectivity index (χ0n) is 13.6. The molecule has 122 valence electrons. The SMILES string of the molecule is CC1SC2=N[C@H]3c4ccccc4CC[C@@H]3N2C1(O)c1ccccc1. The lowest BCUT2D eigenvalue weighted by Gasteiger charge is -2.42. The summed E-state index contributed by atoms with van der Waals surface area (Å²) in [6.07, 6.45) is 2.09. The van der Waals surface area contributed by atoms with Crippen molar-refractivity contribution in [1.29, 1.82) is 0 Å². The van der Waals surface area contributed by atoms with E-state index in [9.17, 15) is 5.11 Å². The van der Waals surface area contributed by atoms with Gasteiger partial charge in [0.1, 0.15) is 0 Å². The van der Waals surface area contributed by atoms with Gasteiger partial charge < -0.3 is 10.0 Å². The van der Waals surface area contributed by atoms with E-state index in [1.807, 2.05) is 30.3 Å². The standard InChI is InChI=1S/C20H20N2OS/c1-13-20(23,15-8-3-2-4-9-15)22-17-12-11-14-7-5-6-10-16(14)18(17)21-19(22)24-13/h2-10,13,17-18,23H,11-12H2,1H3/t13?,17-,18-,20?/m0/s1. The van der Waals surface area contributed by atoms with Gasteiger partial charge in [0, 0.05) is 5.56 Å². The van der Waals surface area contributed by atoms with Gasteiger partial charge in [0.05, 0.1) is 17.3 Å². The fraction of sp³-hybridized carbons (Fsp3) is 0.350. The van der Waals surface area contributed by atoms with Crippen LogP contribution in [-0.4, -0.2) is 26.5 Å². The Morgan fingerprint density at radius 2 is 1.88 bits per heavy atom. The highest BCUT2D eigenvalue weighted by molar-refractivity contribution is 8.14. The molecule has 0 bridgehead atoms. The molecule has 2 heterocycles. The molecule has 2 aromatic rings. The van der Waals surface area contributed by atoms with E-state index in [1.165, 1.54) is 11.1 Å². The summed E-state index contributed by atoms with van der Waals surface area (Å²) >= 11 is 1.70. The van der Waals surface area contributed by atoms with Gasteiger partial charge in [0.25, 0.3) is 0 Å². The minimum absolute atomic E-state index is 0.0665. The average molecular weight is 336 g/mol. The van der Waals surface area contributed by atoms with Crippen molar-refractivity contribution in [2.45, 2.75) is 42.8 Å². The second-order valence-electron chi connectivity index (χ2n) is 6.88. The van der Waals surface area contributed by atoms with E-state index in [-0.39, 0.29) is 17.3 Å². The summed E-state index contributed by atoms with van der Waals surface area (Å²) in [5, 5.41) is 12.8. The van der Waals surface area contributed by atoms with Gasteiger partial charge in [0.2, 0.25) is 0 Å². The van der Waals surface area contributed by atoms with Gasteiger partial charge >= 0.3 is 0 Å². The third-order valence-electron chi connectivity index (χ3n) is 5.65. The van der Waals surface area contributed by atoms with E-state index in [2.05, 4.69) is 36.1 Å². The third kappa shape index (κ3) is 1.81. The number of hydrogen-bond donors (Lipinski definition) is 1. The van der Waals surface area contributed by atoms with Crippen LogP contribution in [0.1, 0.15) is 36.1 Å². The van der Waals surface area contributed by atoms with E-state index in [0.29, 0.717) is 0 Å². The molecule has 0 amide bonds. The maximum absolute atomic E-state index is 11.7. The molecular formula is C20H20N2OS. The Balaban J connectivity index is 1.62. The maximum Gasteiger partial charge on any atom is 0.178 e. The number of fused-ring (bicyclic) bond motifs is 5. The van der Waals surface area contributed by atoms with Crippen LogP contribution in [0.4, 0.5) is 0 Å². The van der Waals surface area contributed by atoms with E-state index in [1.54, 1.807) is 11.8 Å². The molecule has 24 heavy (non-hydrogen) atoms. The van der Waals surface area contributed by atoms with Crippen molar-refractivity contribution in [3.63, 3.8) is 0 Å². The van der Waals surface area contributed by atoms with Crippen LogP contribution in [0.3, 0.4) is 0 Å². The van der Waals surface area contributed by atoms with E-state index >= 15 is 0 Å². The molecule has 0 saturated carbocycles. The van der Waals surface area contributed by atoms with Crippen molar-refractivity contribution < 1.29 is 5.11 Å². The summed E-state index contributed by atoms with van der Waals surface area (Å²) in [7, 11) is 0. The molecule has 5 rings (SSSR count). The largest absolute Gasteiger partial charge is 0.366 e. The minimum atomic E-state index is -0.976. The lowest BCUT2D eigenvalue weighted by Crippen LogP contribution is -2.52. The Labute approximate surface area is 146 Å². The van der Waals surface area contributed by atoms with E-state index < -0.39 is 5.72 Å². The number of aryl methyl sites for hydroxylation is 1.